The Hall–Kier alpha value is -4.26. The molecule has 0 aromatic heterocycles. The summed E-state index contributed by atoms with van der Waals surface area (Å²) in [7, 11) is 0. The molecule has 3 aromatic carbocycles. The first-order valence-electron chi connectivity index (χ1n) is 9.93. The fourth-order valence-electron chi connectivity index (χ4n) is 3.36. The number of benzene rings is 3. The van der Waals surface area contributed by atoms with Gasteiger partial charge in [0.1, 0.15) is 11.4 Å². The molecule has 0 saturated carbocycles. The molecule has 31 heavy (non-hydrogen) atoms. The normalized spacial score (nSPS) is 14.9. The average Bonchev–Trinajstić information content (AvgIpc) is 3.45. The highest BCUT2D eigenvalue weighted by Crippen LogP contribution is 2.40. The van der Waals surface area contributed by atoms with Crippen molar-refractivity contribution in [2.45, 2.75) is 13.8 Å². The van der Waals surface area contributed by atoms with Crippen molar-refractivity contribution in [3.05, 3.63) is 101 Å². The first-order chi connectivity index (χ1) is 15.1. The van der Waals surface area contributed by atoms with E-state index in [1.807, 2.05) is 68.4 Å². The smallest absolute Gasteiger partial charge is 0.182 e. The molecule has 0 amide bonds. The molecule has 2 aliphatic heterocycles. The van der Waals surface area contributed by atoms with Gasteiger partial charge in [-0.3, -0.25) is 10.9 Å². The SMILES string of the molecule is Cc1ccc(C2=CNN(c3cccc(O)c3N3NC=C(c4ccc(C)cc4)O3)O2)cc1. The Morgan fingerprint density at radius 3 is 1.77 bits per heavy atom. The summed E-state index contributed by atoms with van der Waals surface area (Å²) in [5.41, 5.74) is 11.3. The lowest BCUT2D eigenvalue weighted by atomic mass is 10.1. The number of hydrazine groups is 2. The van der Waals surface area contributed by atoms with E-state index >= 15 is 0 Å². The molecule has 0 radical (unpaired) electrons. The van der Waals surface area contributed by atoms with Crippen LogP contribution in [0.3, 0.4) is 0 Å². The first kappa shape index (κ1) is 18.7. The van der Waals surface area contributed by atoms with Gasteiger partial charge in [-0.2, -0.15) is 0 Å². The minimum atomic E-state index is 0.0396. The Morgan fingerprint density at radius 1 is 0.677 bits per heavy atom. The Bertz CT molecular complexity index is 1170. The molecule has 0 atom stereocenters. The summed E-state index contributed by atoms with van der Waals surface area (Å²) in [6.45, 7) is 4.08. The zero-order chi connectivity index (χ0) is 21.4. The molecule has 3 aromatic rings. The maximum Gasteiger partial charge on any atom is 0.182 e. The van der Waals surface area contributed by atoms with Crippen LogP contribution in [0.5, 0.6) is 5.75 Å². The highest BCUT2D eigenvalue weighted by atomic mass is 16.7. The van der Waals surface area contributed by atoms with E-state index in [2.05, 4.69) is 10.9 Å². The van der Waals surface area contributed by atoms with Crippen molar-refractivity contribution < 1.29 is 14.8 Å². The maximum atomic E-state index is 10.6. The van der Waals surface area contributed by atoms with Crippen LogP contribution in [0.25, 0.3) is 11.5 Å². The minimum absolute atomic E-state index is 0.0396. The van der Waals surface area contributed by atoms with E-state index in [1.54, 1.807) is 24.5 Å². The van der Waals surface area contributed by atoms with Crippen LogP contribution < -0.4 is 21.2 Å². The summed E-state index contributed by atoms with van der Waals surface area (Å²) in [6.07, 6.45) is 3.52. The number of hydrogen-bond donors (Lipinski definition) is 3. The number of rotatable bonds is 4. The van der Waals surface area contributed by atoms with Crippen LogP contribution in [0, 0.1) is 13.8 Å². The zero-order valence-electron chi connectivity index (χ0n) is 17.2. The number of nitrogens with one attached hydrogen (secondary N) is 2. The highest BCUT2D eigenvalue weighted by Gasteiger charge is 2.29. The summed E-state index contributed by atoms with van der Waals surface area (Å²) in [5.74, 6) is 1.35. The van der Waals surface area contributed by atoms with E-state index in [0.717, 1.165) is 11.1 Å². The van der Waals surface area contributed by atoms with Crippen molar-refractivity contribution in [2.75, 3.05) is 10.3 Å². The Morgan fingerprint density at radius 2 is 1.19 bits per heavy atom. The number of anilines is 2. The predicted molar refractivity (Wildman–Crippen MR) is 120 cm³/mol. The summed E-state index contributed by atoms with van der Waals surface area (Å²) in [5, 5.41) is 13.5. The third-order valence-electron chi connectivity index (χ3n) is 5.09. The van der Waals surface area contributed by atoms with E-state index in [-0.39, 0.29) is 5.75 Å². The fourth-order valence-corrected chi connectivity index (χ4v) is 3.36. The van der Waals surface area contributed by atoms with E-state index in [4.69, 9.17) is 9.68 Å². The van der Waals surface area contributed by atoms with Crippen LogP contribution in [-0.4, -0.2) is 5.11 Å². The molecule has 0 unspecified atom stereocenters. The van der Waals surface area contributed by atoms with Gasteiger partial charge >= 0.3 is 0 Å². The van der Waals surface area contributed by atoms with Crippen LogP contribution in [0.1, 0.15) is 22.3 Å². The number of aromatic hydroxyl groups is 1. The van der Waals surface area contributed by atoms with Crippen LogP contribution in [0.4, 0.5) is 11.4 Å². The number of hydrogen-bond acceptors (Lipinski definition) is 7. The highest BCUT2D eigenvalue weighted by molar-refractivity contribution is 5.78. The molecule has 0 saturated heterocycles. The summed E-state index contributed by atoms with van der Waals surface area (Å²) < 4.78 is 0. The van der Waals surface area contributed by atoms with E-state index in [9.17, 15) is 5.11 Å². The molecular weight excluding hydrogens is 392 g/mol. The molecule has 7 nitrogen and oxygen atoms in total. The van der Waals surface area contributed by atoms with Crippen molar-refractivity contribution in [3.63, 3.8) is 0 Å². The Labute approximate surface area is 180 Å². The summed E-state index contributed by atoms with van der Waals surface area (Å²) in [4.78, 5) is 12.0. The van der Waals surface area contributed by atoms with Crippen molar-refractivity contribution in [1.29, 1.82) is 0 Å². The van der Waals surface area contributed by atoms with Gasteiger partial charge in [0.25, 0.3) is 0 Å². The monoisotopic (exact) mass is 414 g/mol. The number of para-hydroxylation sites is 1. The second-order valence-electron chi connectivity index (χ2n) is 7.42. The average molecular weight is 414 g/mol. The van der Waals surface area contributed by atoms with Crippen molar-refractivity contribution >= 4 is 22.9 Å². The minimum Gasteiger partial charge on any atom is -0.505 e. The maximum absolute atomic E-state index is 10.6. The van der Waals surface area contributed by atoms with Crippen LogP contribution in [-0.2, 0) is 9.68 Å². The zero-order valence-corrected chi connectivity index (χ0v) is 17.2. The lowest BCUT2D eigenvalue weighted by Gasteiger charge is -2.26. The predicted octanol–water partition coefficient (Wildman–Crippen LogP) is 4.52. The van der Waals surface area contributed by atoms with Crippen LogP contribution >= 0.6 is 0 Å². The Balaban J connectivity index is 1.37. The molecule has 2 heterocycles. The van der Waals surface area contributed by atoms with Gasteiger partial charge in [-0.25, -0.2) is 0 Å². The van der Waals surface area contributed by atoms with Gasteiger partial charge in [-0.15, -0.1) is 10.3 Å². The largest absolute Gasteiger partial charge is 0.505 e. The van der Waals surface area contributed by atoms with Crippen LogP contribution in [0.2, 0.25) is 0 Å². The van der Waals surface area contributed by atoms with Crippen molar-refractivity contribution in [2.24, 2.45) is 0 Å². The van der Waals surface area contributed by atoms with Crippen molar-refractivity contribution in [3.8, 4) is 5.75 Å². The molecule has 156 valence electrons. The molecule has 0 aliphatic carbocycles. The molecule has 3 N–H and O–H groups in total. The van der Waals surface area contributed by atoms with E-state index in [1.165, 1.54) is 21.5 Å². The van der Waals surface area contributed by atoms with E-state index < -0.39 is 0 Å². The van der Waals surface area contributed by atoms with Gasteiger partial charge in [0, 0.05) is 11.1 Å². The van der Waals surface area contributed by atoms with Gasteiger partial charge < -0.3 is 14.8 Å². The molecule has 0 spiro atoms. The molecule has 7 heteroatoms. The van der Waals surface area contributed by atoms with Gasteiger partial charge in [-0.05, 0) is 26.0 Å². The molecule has 0 fully saturated rings. The van der Waals surface area contributed by atoms with Gasteiger partial charge in [0.2, 0.25) is 0 Å². The molecule has 0 bridgehead atoms. The molecule has 2 aliphatic rings. The van der Waals surface area contributed by atoms with Gasteiger partial charge in [0.05, 0.1) is 12.4 Å². The first-order valence-corrected chi connectivity index (χ1v) is 9.93. The van der Waals surface area contributed by atoms with Gasteiger partial charge in [0.15, 0.2) is 17.2 Å². The fraction of sp³-hybridized carbons (Fsp3) is 0.0833. The number of phenolic OH excluding ortho intramolecular Hbond substituents is 1. The molecule has 5 rings (SSSR count). The third-order valence-corrected chi connectivity index (χ3v) is 5.09. The Kier molecular flexibility index (Phi) is 4.55. The van der Waals surface area contributed by atoms with Crippen LogP contribution in [0.15, 0.2) is 79.1 Å². The summed E-state index contributed by atoms with van der Waals surface area (Å²) in [6, 6.07) is 21.2. The number of aryl methyl sites for hydroxylation is 2. The van der Waals surface area contributed by atoms with E-state index in [0.29, 0.717) is 22.9 Å². The standard InChI is InChI=1S/C24H22N4O3/c1-16-6-10-18(11-7-16)22-14-25-27(30-22)20-4-3-5-21(29)24(20)28-26-15-23(31-28)19-12-8-17(2)9-13-19/h3-15,25-26,29H,1-2H3. The molecular formula is C24H22N4O3. The summed E-state index contributed by atoms with van der Waals surface area (Å²) >= 11 is 0. The second-order valence-corrected chi connectivity index (χ2v) is 7.42. The topological polar surface area (TPSA) is 69.2 Å². The lowest BCUT2D eigenvalue weighted by molar-refractivity contribution is 0.227. The number of phenols is 1. The number of nitrogens with zero attached hydrogens (tertiary/aromatic N) is 2. The lowest BCUT2D eigenvalue weighted by Crippen LogP contribution is -2.34. The van der Waals surface area contributed by atoms with Gasteiger partial charge in [-0.1, -0.05) is 65.7 Å². The quantitative estimate of drug-likeness (QED) is 0.580. The second kappa shape index (κ2) is 7.53. The van der Waals surface area contributed by atoms with Crippen molar-refractivity contribution in [1.82, 2.24) is 10.9 Å². The third kappa shape index (κ3) is 3.57.